The van der Waals surface area contributed by atoms with Gasteiger partial charge >= 0.3 is 0 Å². The molecule has 0 aliphatic rings. The number of aryl methyl sites for hydroxylation is 1. The summed E-state index contributed by atoms with van der Waals surface area (Å²) in [6.07, 6.45) is 4.34. The smallest absolute Gasteiger partial charge is 0.146 e. The molecule has 0 aromatic carbocycles. The Morgan fingerprint density at radius 3 is 2.93 bits per heavy atom. The minimum absolute atomic E-state index is 0.247. The van der Waals surface area contributed by atoms with Gasteiger partial charge in [-0.05, 0) is 13.0 Å². The summed E-state index contributed by atoms with van der Waals surface area (Å²) in [5.74, 6) is 0.917. The van der Waals surface area contributed by atoms with E-state index in [1.165, 1.54) is 0 Å². The lowest BCUT2D eigenvalue weighted by Gasteiger charge is -2.08. The largest absolute Gasteiger partial charge is 0.320 e. The van der Waals surface area contributed by atoms with Gasteiger partial charge in [0.05, 0.1) is 6.54 Å². The Hall–Kier alpha value is -0.750. The summed E-state index contributed by atoms with van der Waals surface area (Å²) in [4.78, 5) is 0. The Morgan fingerprint density at radius 1 is 1.67 bits per heavy atom. The first kappa shape index (κ1) is 12.3. The first-order chi connectivity index (χ1) is 7.11. The molecule has 15 heavy (non-hydrogen) atoms. The zero-order valence-corrected chi connectivity index (χ0v) is 10.3. The molecule has 1 heterocycles. The lowest BCUT2D eigenvalue weighted by Crippen LogP contribution is -2.22. The zero-order valence-electron chi connectivity index (χ0n) is 9.43. The van der Waals surface area contributed by atoms with E-state index in [1.54, 1.807) is 12.6 Å². The van der Waals surface area contributed by atoms with Crippen molar-refractivity contribution >= 4 is 10.8 Å². The Bertz CT molecular complexity index is 326. The van der Waals surface area contributed by atoms with E-state index in [1.807, 2.05) is 18.5 Å². The van der Waals surface area contributed by atoms with Gasteiger partial charge in [-0.15, -0.1) is 10.2 Å². The summed E-state index contributed by atoms with van der Waals surface area (Å²) in [5, 5.41) is 11.2. The number of nitrogens with zero attached hydrogens (tertiary/aromatic N) is 3. The standard InChI is InChI=1S/C9H18N4OS/c1-8(15(3)14)4-5-10-6-9-12-11-7-13(9)2/h7-8,10H,4-6H2,1-3H3. The molecule has 2 unspecified atom stereocenters. The van der Waals surface area contributed by atoms with E-state index in [0.717, 1.165) is 18.8 Å². The van der Waals surface area contributed by atoms with Crippen molar-refractivity contribution in [3.05, 3.63) is 12.2 Å². The third-order valence-electron chi connectivity index (χ3n) is 2.38. The molecule has 1 rings (SSSR count). The van der Waals surface area contributed by atoms with Crippen molar-refractivity contribution in [1.82, 2.24) is 20.1 Å². The molecule has 0 aliphatic carbocycles. The highest BCUT2D eigenvalue weighted by Gasteiger charge is 2.05. The summed E-state index contributed by atoms with van der Waals surface area (Å²) >= 11 is 0. The molecule has 0 saturated carbocycles. The first-order valence-electron chi connectivity index (χ1n) is 4.97. The molecule has 0 radical (unpaired) electrons. The van der Waals surface area contributed by atoms with Crippen molar-refractivity contribution in [3.8, 4) is 0 Å². The molecule has 1 aromatic heterocycles. The van der Waals surface area contributed by atoms with Gasteiger partial charge in [0, 0.05) is 29.4 Å². The second-order valence-corrected chi connectivity index (χ2v) is 5.43. The Labute approximate surface area is 92.7 Å². The fourth-order valence-corrected chi connectivity index (χ4v) is 1.59. The van der Waals surface area contributed by atoms with E-state index >= 15 is 0 Å². The van der Waals surface area contributed by atoms with Crippen LogP contribution in [-0.4, -0.2) is 37.0 Å². The third kappa shape index (κ3) is 4.09. The molecule has 1 aromatic rings. The van der Waals surface area contributed by atoms with Crippen LogP contribution in [-0.2, 0) is 24.4 Å². The summed E-state index contributed by atoms with van der Waals surface area (Å²) in [6.45, 7) is 3.56. The van der Waals surface area contributed by atoms with Crippen LogP contribution in [0, 0.1) is 0 Å². The molecule has 0 fully saturated rings. The molecule has 0 bridgehead atoms. The second-order valence-electron chi connectivity index (χ2n) is 3.63. The molecule has 2 atom stereocenters. The maximum absolute atomic E-state index is 11.1. The maximum Gasteiger partial charge on any atom is 0.146 e. The summed E-state index contributed by atoms with van der Waals surface area (Å²) in [5.41, 5.74) is 0. The minimum Gasteiger partial charge on any atom is -0.320 e. The van der Waals surface area contributed by atoms with Gasteiger partial charge in [0.1, 0.15) is 12.2 Å². The van der Waals surface area contributed by atoms with E-state index in [-0.39, 0.29) is 5.25 Å². The average Bonchev–Trinajstić information content (AvgIpc) is 2.58. The SMILES string of the molecule is CC(CCNCc1nncn1C)S(C)=O. The van der Waals surface area contributed by atoms with Crippen molar-refractivity contribution < 1.29 is 4.21 Å². The molecule has 0 amide bonds. The number of rotatable bonds is 6. The van der Waals surface area contributed by atoms with E-state index < -0.39 is 10.8 Å². The van der Waals surface area contributed by atoms with Gasteiger partial charge < -0.3 is 9.88 Å². The molecule has 0 aliphatic heterocycles. The molecular formula is C9H18N4OS. The Kier molecular flexibility index (Phi) is 4.90. The van der Waals surface area contributed by atoms with Crippen LogP contribution in [0.3, 0.4) is 0 Å². The van der Waals surface area contributed by atoms with E-state index in [4.69, 9.17) is 0 Å². The van der Waals surface area contributed by atoms with E-state index in [2.05, 4.69) is 15.5 Å². The Morgan fingerprint density at radius 2 is 2.40 bits per heavy atom. The van der Waals surface area contributed by atoms with Crippen LogP contribution in [0.4, 0.5) is 0 Å². The molecular weight excluding hydrogens is 212 g/mol. The van der Waals surface area contributed by atoms with Crippen LogP contribution in [0.15, 0.2) is 6.33 Å². The predicted octanol–water partition coefficient (Wildman–Crippen LogP) is 0.0618. The highest BCUT2D eigenvalue weighted by Crippen LogP contribution is 1.98. The fraction of sp³-hybridized carbons (Fsp3) is 0.778. The summed E-state index contributed by atoms with van der Waals surface area (Å²) in [6, 6.07) is 0. The highest BCUT2D eigenvalue weighted by molar-refractivity contribution is 7.84. The van der Waals surface area contributed by atoms with Crippen LogP contribution in [0.2, 0.25) is 0 Å². The van der Waals surface area contributed by atoms with E-state index in [9.17, 15) is 4.21 Å². The van der Waals surface area contributed by atoms with Crippen molar-refractivity contribution in [2.75, 3.05) is 12.8 Å². The summed E-state index contributed by atoms with van der Waals surface area (Å²) in [7, 11) is 1.19. The van der Waals surface area contributed by atoms with Gasteiger partial charge in [-0.1, -0.05) is 6.92 Å². The molecule has 0 spiro atoms. The van der Waals surface area contributed by atoms with Crippen molar-refractivity contribution in [2.45, 2.75) is 25.1 Å². The van der Waals surface area contributed by atoms with Gasteiger partial charge in [-0.25, -0.2) is 0 Å². The number of nitrogens with one attached hydrogen (secondary N) is 1. The quantitative estimate of drug-likeness (QED) is 0.702. The van der Waals surface area contributed by atoms with E-state index in [0.29, 0.717) is 6.54 Å². The topological polar surface area (TPSA) is 59.8 Å². The normalized spacial score (nSPS) is 15.1. The second kappa shape index (κ2) is 5.97. The number of hydrogen-bond donors (Lipinski definition) is 1. The van der Waals surface area contributed by atoms with Gasteiger partial charge in [0.25, 0.3) is 0 Å². The van der Waals surface area contributed by atoms with Crippen LogP contribution in [0.5, 0.6) is 0 Å². The van der Waals surface area contributed by atoms with Crippen molar-refractivity contribution in [2.24, 2.45) is 7.05 Å². The minimum atomic E-state index is -0.728. The Balaban J connectivity index is 2.17. The van der Waals surface area contributed by atoms with Crippen LogP contribution in [0.25, 0.3) is 0 Å². The van der Waals surface area contributed by atoms with Gasteiger partial charge in [0.15, 0.2) is 0 Å². The van der Waals surface area contributed by atoms with Crippen molar-refractivity contribution in [1.29, 1.82) is 0 Å². The van der Waals surface area contributed by atoms with Gasteiger partial charge in [-0.3, -0.25) is 4.21 Å². The van der Waals surface area contributed by atoms with Crippen LogP contribution >= 0.6 is 0 Å². The van der Waals surface area contributed by atoms with Crippen molar-refractivity contribution in [3.63, 3.8) is 0 Å². The zero-order chi connectivity index (χ0) is 11.3. The molecule has 0 saturated heterocycles. The third-order valence-corrected chi connectivity index (χ3v) is 3.75. The molecule has 86 valence electrons. The lowest BCUT2D eigenvalue weighted by molar-refractivity contribution is 0.603. The van der Waals surface area contributed by atoms with Crippen LogP contribution in [0.1, 0.15) is 19.2 Å². The van der Waals surface area contributed by atoms with Gasteiger partial charge in [0.2, 0.25) is 0 Å². The number of aromatic nitrogens is 3. The maximum atomic E-state index is 11.1. The fourth-order valence-electron chi connectivity index (χ4n) is 1.14. The highest BCUT2D eigenvalue weighted by atomic mass is 32.2. The van der Waals surface area contributed by atoms with Crippen LogP contribution < -0.4 is 5.32 Å². The number of hydrogen-bond acceptors (Lipinski definition) is 4. The lowest BCUT2D eigenvalue weighted by atomic mass is 10.3. The molecule has 1 N–H and O–H groups in total. The first-order valence-corrected chi connectivity index (χ1v) is 6.59. The average molecular weight is 230 g/mol. The van der Waals surface area contributed by atoms with Gasteiger partial charge in [-0.2, -0.15) is 0 Å². The molecule has 5 nitrogen and oxygen atoms in total. The predicted molar refractivity (Wildman–Crippen MR) is 60.9 cm³/mol. The molecule has 6 heteroatoms. The summed E-state index contributed by atoms with van der Waals surface area (Å²) < 4.78 is 13.0. The monoisotopic (exact) mass is 230 g/mol.